The van der Waals surface area contributed by atoms with E-state index in [1.807, 2.05) is 10.9 Å². The van der Waals surface area contributed by atoms with Crippen LogP contribution >= 0.6 is 0 Å². The fourth-order valence-electron chi connectivity index (χ4n) is 3.46. The van der Waals surface area contributed by atoms with Crippen LogP contribution in [0.3, 0.4) is 0 Å². The Morgan fingerprint density at radius 2 is 1.20 bits per heavy atom. The maximum absolute atomic E-state index is 4.87. The van der Waals surface area contributed by atoms with Crippen molar-refractivity contribution in [1.29, 1.82) is 0 Å². The first kappa shape index (κ1) is 14.0. The van der Waals surface area contributed by atoms with E-state index in [4.69, 9.17) is 5.10 Å². The Hall–Kier alpha value is -3.39. The van der Waals surface area contributed by atoms with Gasteiger partial charge in [-0.2, -0.15) is 5.10 Å². The fraction of sp³-hybridized carbons (Fsp3) is 0. The maximum atomic E-state index is 4.87. The van der Waals surface area contributed by atoms with Crippen molar-refractivity contribution in [3.63, 3.8) is 0 Å². The number of rotatable bonds is 2. The first-order chi connectivity index (χ1) is 12.4. The number of nitrogens with zero attached hydrogens (tertiary/aromatic N) is 2. The monoisotopic (exact) mass is 320 g/mol. The van der Waals surface area contributed by atoms with Crippen molar-refractivity contribution in [2.45, 2.75) is 0 Å². The Kier molecular flexibility index (Phi) is 3.14. The van der Waals surface area contributed by atoms with Gasteiger partial charge in [0.1, 0.15) is 0 Å². The molecule has 118 valence electrons. The highest BCUT2D eigenvalue weighted by Gasteiger charge is 2.09. The smallest absolute Gasteiger partial charge is 0.0933 e. The Bertz CT molecular complexity index is 1100. The van der Waals surface area contributed by atoms with Crippen LogP contribution in [-0.4, -0.2) is 9.78 Å². The van der Waals surface area contributed by atoms with E-state index in [9.17, 15) is 0 Å². The van der Waals surface area contributed by atoms with Gasteiger partial charge in [0.05, 0.1) is 11.4 Å². The fourth-order valence-corrected chi connectivity index (χ4v) is 3.46. The van der Waals surface area contributed by atoms with Crippen molar-refractivity contribution in [2.75, 3.05) is 0 Å². The molecule has 5 aromatic rings. The third-order valence-electron chi connectivity index (χ3n) is 4.67. The van der Waals surface area contributed by atoms with Crippen molar-refractivity contribution >= 4 is 21.5 Å². The minimum absolute atomic E-state index is 0.990. The van der Waals surface area contributed by atoms with Crippen LogP contribution in [0.1, 0.15) is 0 Å². The summed E-state index contributed by atoms with van der Waals surface area (Å²) >= 11 is 0. The van der Waals surface area contributed by atoms with Gasteiger partial charge in [0.15, 0.2) is 0 Å². The van der Waals surface area contributed by atoms with Gasteiger partial charge >= 0.3 is 0 Å². The van der Waals surface area contributed by atoms with Crippen LogP contribution in [0.4, 0.5) is 0 Å². The molecule has 0 fully saturated rings. The van der Waals surface area contributed by atoms with Crippen molar-refractivity contribution in [3.8, 4) is 16.9 Å². The average molecular weight is 320 g/mol. The third kappa shape index (κ3) is 2.31. The van der Waals surface area contributed by atoms with Gasteiger partial charge in [-0.05, 0) is 28.3 Å². The summed E-state index contributed by atoms with van der Waals surface area (Å²) in [6.45, 7) is 0. The predicted octanol–water partition coefficient (Wildman–Crippen LogP) is 5.85. The Balaban J connectivity index is 1.69. The Morgan fingerprint density at radius 3 is 2.04 bits per heavy atom. The quantitative estimate of drug-likeness (QED) is 0.399. The molecule has 4 aromatic carbocycles. The zero-order valence-electron chi connectivity index (χ0n) is 13.6. The van der Waals surface area contributed by atoms with Gasteiger partial charge in [0.2, 0.25) is 0 Å². The van der Waals surface area contributed by atoms with E-state index in [-0.39, 0.29) is 0 Å². The molecule has 0 radical (unpaired) electrons. The van der Waals surface area contributed by atoms with E-state index in [0.717, 1.165) is 16.9 Å². The highest BCUT2D eigenvalue weighted by Crippen LogP contribution is 2.28. The van der Waals surface area contributed by atoms with Crippen molar-refractivity contribution in [3.05, 3.63) is 97.2 Å². The summed E-state index contributed by atoms with van der Waals surface area (Å²) in [5.74, 6) is 0. The highest BCUT2D eigenvalue weighted by molar-refractivity contribution is 5.96. The molecule has 25 heavy (non-hydrogen) atoms. The Morgan fingerprint density at radius 1 is 0.560 bits per heavy atom. The maximum Gasteiger partial charge on any atom is 0.0933 e. The Labute approximate surface area is 146 Å². The van der Waals surface area contributed by atoms with Crippen LogP contribution in [0.25, 0.3) is 38.5 Å². The van der Waals surface area contributed by atoms with E-state index in [0.29, 0.717) is 0 Å². The molecule has 2 heteroatoms. The van der Waals surface area contributed by atoms with Gasteiger partial charge in [-0.1, -0.05) is 78.9 Å². The molecule has 0 saturated heterocycles. The van der Waals surface area contributed by atoms with Crippen molar-refractivity contribution < 1.29 is 0 Å². The number of benzene rings is 4. The summed E-state index contributed by atoms with van der Waals surface area (Å²) < 4.78 is 1.97. The van der Waals surface area contributed by atoms with Gasteiger partial charge in [0, 0.05) is 17.1 Å². The molecule has 0 saturated carbocycles. The molecular formula is C23H16N2. The molecule has 0 aliphatic carbocycles. The van der Waals surface area contributed by atoms with Gasteiger partial charge in [-0.25, -0.2) is 4.68 Å². The summed E-state index contributed by atoms with van der Waals surface area (Å²) in [6, 6.07) is 31.6. The molecule has 0 spiro atoms. The van der Waals surface area contributed by atoms with E-state index in [2.05, 4.69) is 91.0 Å². The zero-order chi connectivity index (χ0) is 16.6. The molecule has 0 unspecified atom stereocenters. The van der Waals surface area contributed by atoms with E-state index in [1.54, 1.807) is 0 Å². The molecule has 1 aromatic heterocycles. The summed E-state index contributed by atoms with van der Waals surface area (Å²) in [7, 11) is 0. The minimum atomic E-state index is 0.990. The second kappa shape index (κ2) is 5.60. The lowest BCUT2D eigenvalue weighted by atomic mass is 10.0. The standard InChI is InChI=1S/C23H16N2/c1-3-11-19-17(7-1)9-5-13-21(19)22-15-16-25(24-22)23-14-6-10-18-8-2-4-12-20(18)23/h1-16H. The number of aromatic nitrogens is 2. The SMILES string of the molecule is c1ccc2c(-c3ccn(-c4cccc5ccccc45)n3)cccc2c1. The summed E-state index contributed by atoms with van der Waals surface area (Å²) in [5, 5.41) is 9.76. The molecule has 0 amide bonds. The van der Waals surface area contributed by atoms with Crippen LogP contribution < -0.4 is 0 Å². The largest absolute Gasteiger partial charge is 0.240 e. The van der Waals surface area contributed by atoms with Crippen LogP contribution in [-0.2, 0) is 0 Å². The average Bonchev–Trinajstić information content (AvgIpc) is 3.17. The lowest BCUT2D eigenvalue weighted by Gasteiger charge is -2.07. The third-order valence-corrected chi connectivity index (χ3v) is 4.67. The first-order valence-corrected chi connectivity index (χ1v) is 8.42. The van der Waals surface area contributed by atoms with Crippen LogP contribution in [0.5, 0.6) is 0 Å². The molecule has 0 bridgehead atoms. The molecule has 0 aliphatic rings. The second-order valence-electron chi connectivity index (χ2n) is 6.17. The van der Waals surface area contributed by atoms with Crippen LogP contribution in [0, 0.1) is 0 Å². The zero-order valence-corrected chi connectivity index (χ0v) is 13.6. The summed E-state index contributed by atoms with van der Waals surface area (Å²) in [6.07, 6.45) is 2.04. The summed E-state index contributed by atoms with van der Waals surface area (Å²) in [4.78, 5) is 0. The van der Waals surface area contributed by atoms with Crippen molar-refractivity contribution in [1.82, 2.24) is 9.78 Å². The van der Waals surface area contributed by atoms with Gasteiger partial charge in [-0.3, -0.25) is 0 Å². The molecule has 5 rings (SSSR count). The molecule has 0 aliphatic heterocycles. The lowest BCUT2D eigenvalue weighted by molar-refractivity contribution is 0.892. The normalized spacial score (nSPS) is 11.2. The lowest BCUT2D eigenvalue weighted by Crippen LogP contribution is -1.96. The predicted molar refractivity (Wildman–Crippen MR) is 104 cm³/mol. The topological polar surface area (TPSA) is 17.8 Å². The number of hydrogen-bond donors (Lipinski definition) is 0. The first-order valence-electron chi connectivity index (χ1n) is 8.42. The molecule has 2 nitrogen and oxygen atoms in total. The van der Waals surface area contributed by atoms with Crippen LogP contribution in [0.15, 0.2) is 97.2 Å². The van der Waals surface area contributed by atoms with Crippen LogP contribution in [0.2, 0.25) is 0 Å². The highest BCUT2D eigenvalue weighted by atomic mass is 15.3. The molecule has 0 atom stereocenters. The van der Waals surface area contributed by atoms with Crippen molar-refractivity contribution in [2.24, 2.45) is 0 Å². The molecule has 1 heterocycles. The van der Waals surface area contributed by atoms with E-state index < -0.39 is 0 Å². The second-order valence-corrected chi connectivity index (χ2v) is 6.17. The minimum Gasteiger partial charge on any atom is -0.240 e. The van der Waals surface area contributed by atoms with E-state index in [1.165, 1.54) is 21.5 Å². The summed E-state index contributed by atoms with van der Waals surface area (Å²) in [5.41, 5.74) is 3.26. The number of hydrogen-bond acceptors (Lipinski definition) is 1. The number of fused-ring (bicyclic) bond motifs is 2. The van der Waals surface area contributed by atoms with E-state index >= 15 is 0 Å². The van der Waals surface area contributed by atoms with Gasteiger partial charge in [0.25, 0.3) is 0 Å². The molecule has 0 N–H and O–H groups in total. The van der Waals surface area contributed by atoms with Gasteiger partial charge < -0.3 is 0 Å². The van der Waals surface area contributed by atoms with Gasteiger partial charge in [-0.15, -0.1) is 0 Å². The molecular weight excluding hydrogens is 304 g/mol.